The second-order valence-corrected chi connectivity index (χ2v) is 12.8. The van der Waals surface area contributed by atoms with Crippen molar-refractivity contribution in [1.82, 2.24) is 9.55 Å². The van der Waals surface area contributed by atoms with Gasteiger partial charge in [-0.1, -0.05) is 29.8 Å². The van der Waals surface area contributed by atoms with E-state index in [1.165, 1.54) is 10.9 Å². The first-order chi connectivity index (χ1) is 17.2. The topological polar surface area (TPSA) is 65.7 Å². The van der Waals surface area contributed by atoms with Gasteiger partial charge >= 0.3 is 7.12 Å². The summed E-state index contributed by atoms with van der Waals surface area (Å²) < 4.78 is 21.9. The Labute approximate surface area is 230 Å². The lowest BCUT2D eigenvalue weighted by Gasteiger charge is -2.32. The van der Waals surface area contributed by atoms with Crippen LogP contribution >= 0.6 is 15.9 Å². The molecule has 1 atom stereocenters. The molecule has 4 rings (SSSR count). The molecule has 37 heavy (non-hydrogen) atoms. The van der Waals surface area contributed by atoms with Gasteiger partial charge in [0.05, 0.1) is 28.7 Å². The molecule has 0 amide bonds. The first-order valence-corrected chi connectivity index (χ1v) is 13.8. The molecule has 0 radical (unpaired) electrons. The summed E-state index contributed by atoms with van der Waals surface area (Å²) in [6, 6.07) is 8.58. The van der Waals surface area contributed by atoms with Crippen LogP contribution < -0.4 is 5.46 Å². The highest BCUT2D eigenvalue weighted by atomic mass is 79.9. The van der Waals surface area contributed by atoms with Crippen molar-refractivity contribution in [3.05, 3.63) is 46.2 Å². The standard InChI is InChI=1S/C29H40BBrN2O4/c1-10-33-24-12-11-20(31)14-21(24)23(15-27(3,4)17-34)26(33)22-13-19(16-32-25(22)18(2)35-9)30-36-28(5,6)29(7,8)37-30/h11-14,16,18,34H,10,15,17H2,1-9H3/t18-/m0/s1. The summed E-state index contributed by atoms with van der Waals surface area (Å²) in [5.74, 6) is 0. The number of halogens is 1. The minimum absolute atomic E-state index is 0.0901. The van der Waals surface area contributed by atoms with Gasteiger partial charge < -0.3 is 23.7 Å². The van der Waals surface area contributed by atoms with Gasteiger partial charge in [-0.3, -0.25) is 4.98 Å². The van der Waals surface area contributed by atoms with E-state index < -0.39 is 18.3 Å². The molecule has 1 aromatic carbocycles. The third kappa shape index (κ3) is 5.16. The molecule has 1 fully saturated rings. The van der Waals surface area contributed by atoms with E-state index in [-0.39, 0.29) is 18.1 Å². The Morgan fingerprint density at radius 3 is 2.38 bits per heavy atom. The average Bonchev–Trinajstić information content (AvgIpc) is 3.25. The van der Waals surface area contributed by atoms with E-state index in [9.17, 15) is 5.11 Å². The average molecular weight is 571 g/mol. The maximum Gasteiger partial charge on any atom is 0.496 e. The molecular formula is C29H40BBrN2O4. The highest BCUT2D eigenvalue weighted by Crippen LogP contribution is 2.42. The molecule has 0 aliphatic carbocycles. The summed E-state index contributed by atoms with van der Waals surface area (Å²) in [5.41, 5.74) is 4.99. The van der Waals surface area contributed by atoms with Crippen molar-refractivity contribution in [2.75, 3.05) is 13.7 Å². The van der Waals surface area contributed by atoms with Crippen LogP contribution in [0.5, 0.6) is 0 Å². The highest BCUT2D eigenvalue weighted by Gasteiger charge is 2.52. The summed E-state index contributed by atoms with van der Waals surface area (Å²) >= 11 is 3.68. The lowest BCUT2D eigenvalue weighted by molar-refractivity contribution is 0.00578. The normalized spacial score (nSPS) is 18.1. The predicted octanol–water partition coefficient (Wildman–Crippen LogP) is 6.05. The fourth-order valence-electron chi connectivity index (χ4n) is 4.97. The second-order valence-electron chi connectivity index (χ2n) is 11.9. The van der Waals surface area contributed by atoms with Crippen LogP contribution in [0.1, 0.15) is 72.8 Å². The number of aryl methyl sites for hydroxylation is 1. The largest absolute Gasteiger partial charge is 0.496 e. The number of fused-ring (bicyclic) bond motifs is 1. The summed E-state index contributed by atoms with van der Waals surface area (Å²) in [6.45, 7) is 17.5. The fourth-order valence-corrected chi connectivity index (χ4v) is 5.33. The maximum atomic E-state index is 10.2. The second kappa shape index (κ2) is 10.1. The van der Waals surface area contributed by atoms with Crippen LogP contribution in [0.4, 0.5) is 0 Å². The fraction of sp³-hybridized carbons (Fsp3) is 0.552. The SMILES string of the molecule is CCn1c(-c2cc(B3OC(C)(C)C(C)(C)O3)cnc2[C@H](C)OC)c(CC(C)(C)CO)c2cc(Br)ccc21. The zero-order valence-corrected chi connectivity index (χ0v) is 25.2. The molecular weight excluding hydrogens is 531 g/mol. The molecule has 2 aromatic heterocycles. The first-order valence-electron chi connectivity index (χ1n) is 13.1. The van der Waals surface area contributed by atoms with Crippen molar-refractivity contribution in [2.24, 2.45) is 5.41 Å². The summed E-state index contributed by atoms with van der Waals surface area (Å²) in [6.07, 6.45) is 2.35. The van der Waals surface area contributed by atoms with Crippen LogP contribution in [0.3, 0.4) is 0 Å². The van der Waals surface area contributed by atoms with Gasteiger partial charge in [-0.2, -0.15) is 0 Å². The monoisotopic (exact) mass is 570 g/mol. The van der Waals surface area contributed by atoms with E-state index in [0.717, 1.165) is 38.9 Å². The molecule has 3 heterocycles. The van der Waals surface area contributed by atoms with E-state index in [4.69, 9.17) is 19.0 Å². The molecule has 1 aliphatic heterocycles. The third-order valence-electron chi connectivity index (χ3n) is 7.99. The van der Waals surface area contributed by atoms with Gasteiger partial charge in [0.1, 0.15) is 0 Å². The number of pyridine rings is 1. The minimum atomic E-state index is -0.519. The molecule has 1 saturated heterocycles. The van der Waals surface area contributed by atoms with E-state index in [1.807, 2.05) is 13.1 Å². The Morgan fingerprint density at radius 1 is 1.16 bits per heavy atom. The number of nitrogens with zero attached hydrogens (tertiary/aromatic N) is 2. The highest BCUT2D eigenvalue weighted by molar-refractivity contribution is 9.10. The van der Waals surface area contributed by atoms with Crippen LogP contribution in [0.15, 0.2) is 34.9 Å². The smallest absolute Gasteiger partial charge is 0.399 e. The van der Waals surface area contributed by atoms with Crippen molar-refractivity contribution in [2.45, 2.75) is 85.7 Å². The molecule has 0 unspecified atom stereocenters. The zero-order valence-electron chi connectivity index (χ0n) is 23.6. The Balaban J connectivity index is 2.01. The maximum absolute atomic E-state index is 10.2. The van der Waals surface area contributed by atoms with Crippen molar-refractivity contribution in [3.8, 4) is 11.3 Å². The molecule has 8 heteroatoms. The van der Waals surface area contributed by atoms with Crippen LogP contribution in [-0.2, 0) is 27.0 Å². The van der Waals surface area contributed by atoms with Gasteiger partial charge in [0, 0.05) is 52.9 Å². The van der Waals surface area contributed by atoms with Crippen molar-refractivity contribution >= 4 is 39.4 Å². The molecule has 1 N–H and O–H groups in total. The molecule has 200 valence electrons. The number of hydrogen-bond acceptors (Lipinski definition) is 5. The van der Waals surface area contributed by atoms with Gasteiger partial charge in [-0.05, 0) is 83.2 Å². The lowest BCUT2D eigenvalue weighted by Crippen LogP contribution is -2.41. The quantitative estimate of drug-likeness (QED) is 0.334. The Kier molecular flexibility index (Phi) is 7.74. The number of benzene rings is 1. The van der Waals surface area contributed by atoms with Crippen LogP contribution in [0, 0.1) is 5.41 Å². The van der Waals surface area contributed by atoms with Gasteiger partial charge in [0.25, 0.3) is 0 Å². The number of aliphatic hydroxyl groups excluding tert-OH is 1. The van der Waals surface area contributed by atoms with E-state index in [0.29, 0.717) is 6.42 Å². The van der Waals surface area contributed by atoms with Gasteiger partial charge in [0.15, 0.2) is 0 Å². The van der Waals surface area contributed by atoms with Gasteiger partial charge in [0.2, 0.25) is 0 Å². The lowest BCUT2D eigenvalue weighted by atomic mass is 9.78. The molecule has 1 aliphatic rings. The number of ether oxygens (including phenoxy) is 1. The number of rotatable bonds is 8. The summed E-state index contributed by atoms with van der Waals surface area (Å²) in [5, 5.41) is 11.4. The Bertz CT molecular complexity index is 1280. The molecule has 6 nitrogen and oxygen atoms in total. The van der Waals surface area contributed by atoms with Crippen molar-refractivity contribution < 1.29 is 19.2 Å². The van der Waals surface area contributed by atoms with Gasteiger partial charge in [-0.15, -0.1) is 0 Å². The summed E-state index contributed by atoms with van der Waals surface area (Å²) in [7, 11) is 1.19. The Morgan fingerprint density at radius 2 is 1.81 bits per heavy atom. The molecule has 0 saturated carbocycles. The Hall–Kier alpha value is -1.71. The van der Waals surface area contributed by atoms with E-state index >= 15 is 0 Å². The summed E-state index contributed by atoms with van der Waals surface area (Å²) in [4.78, 5) is 4.93. The first kappa shape index (κ1) is 28.3. The van der Waals surface area contributed by atoms with Crippen LogP contribution in [0.2, 0.25) is 0 Å². The minimum Gasteiger partial charge on any atom is -0.399 e. The van der Waals surface area contributed by atoms with Crippen molar-refractivity contribution in [1.29, 1.82) is 0 Å². The van der Waals surface area contributed by atoms with Gasteiger partial charge in [-0.25, -0.2) is 0 Å². The van der Waals surface area contributed by atoms with Crippen LogP contribution in [0.25, 0.3) is 22.2 Å². The molecule has 0 spiro atoms. The third-order valence-corrected chi connectivity index (χ3v) is 8.48. The molecule has 3 aromatic rings. The number of methoxy groups -OCH3 is 1. The zero-order chi connectivity index (χ0) is 27.3. The van der Waals surface area contributed by atoms with E-state index in [1.54, 1.807) is 7.11 Å². The predicted molar refractivity (Wildman–Crippen MR) is 154 cm³/mol. The number of hydrogen-bond donors (Lipinski definition) is 1. The van der Waals surface area contributed by atoms with Crippen molar-refractivity contribution in [3.63, 3.8) is 0 Å². The van der Waals surface area contributed by atoms with Crippen LogP contribution in [-0.4, -0.2) is 46.7 Å². The number of aromatic nitrogens is 2. The molecule has 0 bridgehead atoms. The van der Waals surface area contributed by atoms with E-state index in [2.05, 4.69) is 93.2 Å². The number of aliphatic hydroxyl groups is 1.